The van der Waals surface area contributed by atoms with Crippen LogP contribution in [0.5, 0.6) is 0 Å². The second kappa shape index (κ2) is 4.53. The summed E-state index contributed by atoms with van der Waals surface area (Å²) < 4.78 is 0. The molecule has 0 aliphatic carbocycles. The number of para-hydroxylation sites is 2. The Morgan fingerprint density at radius 2 is 1.87 bits per heavy atom. The van der Waals surface area contributed by atoms with Crippen molar-refractivity contribution < 1.29 is 5.11 Å². The van der Waals surface area contributed by atoms with Gasteiger partial charge in [0.05, 0.1) is 18.0 Å². The molecule has 0 saturated heterocycles. The summed E-state index contributed by atoms with van der Waals surface area (Å²) in [4.78, 5) is 4.68. The lowest BCUT2D eigenvalue weighted by molar-refractivity contribution is 0.290. The third-order valence-electron chi connectivity index (χ3n) is 2.87. The van der Waals surface area contributed by atoms with Crippen molar-refractivity contribution >= 4 is 11.4 Å². The third kappa shape index (κ3) is 1.92. The molecule has 0 atom stereocenters. The van der Waals surface area contributed by atoms with Gasteiger partial charge >= 0.3 is 0 Å². The average molecular weight is 206 g/mol. The number of fused-ring (bicyclic) bond motifs is 1. The van der Waals surface area contributed by atoms with Gasteiger partial charge in [-0.2, -0.15) is 0 Å². The zero-order valence-corrected chi connectivity index (χ0v) is 9.19. The van der Waals surface area contributed by atoms with Crippen LogP contribution < -0.4 is 9.80 Å². The van der Waals surface area contributed by atoms with Gasteiger partial charge in [0, 0.05) is 19.7 Å². The zero-order chi connectivity index (χ0) is 10.7. The van der Waals surface area contributed by atoms with E-state index in [1.54, 1.807) is 0 Å². The second-order valence-corrected chi connectivity index (χ2v) is 3.83. The quantitative estimate of drug-likeness (QED) is 0.812. The van der Waals surface area contributed by atoms with E-state index in [0.29, 0.717) is 0 Å². The predicted molar refractivity (Wildman–Crippen MR) is 63.4 cm³/mol. The molecule has 1 aromatic rings. The number of rotatable bonds is 4. The minimum Gasteiger partial charge on any atom is -0.396 e. The maximum absolute atomic E-state index is 8.86. The monoisotopic (exact) mass is 206 g/mol. The molecule has 1 heterocycles. The largest absolute Gasteiger partial charge is 0.396 e. The predicted octanol–water partition coefficient (Wildman–Crippen LogP) is 1.67. The lowest BCUT2D eigenvalue weighted by Crippen LogP contribution is -2.31. The molecular weight excluding hydrogens is 188 g/mol. The van der Waals surface area contributed by atoms with E-state index in [1.807, 2.05) is 0 Å². The fraction of sp³-hybridized carbons (Fsp3) is 0.500. The highest BCUT2D eigenvalue weighted by molar-refractivity contribution is 5.76. The van der Waals surface area contributed by atoms with Gasteiger partial charge in [-0.25, -0.2) is 0 Å². The van der Waals surface area contributed by atoms with Crippen molar-refractivity contribution in [2.24, 2.45) is 0 Å². The molecule has 3 heteroatoms. The minimum absolute atomic E-state index is 0.269. The molecule has 1 aliphatic rings. The molecule has 0 spiro atoms. The van der Waals surface area contributed by atoms with Crippen molar-refractivity contribution in [1.29, 1.82) is 0 Å². The maximum atomic E-state index is 8.86. The van der Waals surface area contributed by atoms with Crippen LogP contribution in [0.1, 0.15) is 13.3 Å². The van der Waals surface area contributed by atoms with Crippen molar-refractivity contribution in [2.75, 3.05) is 36.2 Å². The SMILES string of the molecule is CCN1CN(CCCO)c2ccccc21. The van der Waals surface area contributed by atoms with Crippen molar-refractivity contribution in [1.82, 2.24) is 0 Å². The van der Waals surface area contributed by atoms with E-state index < -0.39 is 0 Å². The molecule has 1 N–H and O–H groups in total. The summed E-state index contributed by atoms with van der Waals surface area (Å²) in [5, 5.41) is 8.86. The Morgan fingerprint density at radius 3 is 2.47 bits per heavy atom. The first kappa shape index (κ1) is 10.3. The molecule has 3 nitrogen and oxygen atoms in total. The van der Waals surface area contributed by atoms with Crippen LogP contribution in [0.25, 0.3) is 0 Å². The number of anilines is 2. The standard InChI is InChI=1S/C12H18N2O/c1-2-13-10-14(8-5-9-15)12-7-4-3-6-11(12)13/h3-4,6-7,15H,2,5,8-10H2,1H3. The summed E-state index contributed by atoms with van der Waals surface area (Å²) >= 11 is 0. The van der Waals surface area contributed by atoms with Crippen LogP contribution in [0.15, 0.2) is 24.3 Å². The first-order valence-electron chi connectivity index (χ1n) is 5.56. The Hall–Kier alpha value is -1.22. The summed E-state index contributed by atoms with van der Waals surface area (Å²) in [7, 11) is 0. The van der Waals surface area contributed by atoms with Crippen LogP contribution in [0, 0.1) is 0 Å². The van der Waals surface area contributed by atoms with E-state index in [-0.39, 0.29) is 6.61 Å². The summed E-state index contributed by atoms with van der Waals surface area (Å²) in [6.45, 7) is 5.36. The molecule has 0 amide bonds. The van der Waals surface area contributed by atoms with Gasteiger partial charge in [-0.05, 0) is 25.5 Å². The molecule has 82 valence electrons. The Bertz CT molecular complexity index is 327. The number of nitrogens with zero attached hydrogens (tertiary/aromatic N) is 2. The fourth-order valence-corrected chi connectivity index (χ4v) is 2.08. The van der Waals surface area contributed by atoms with Crippen molar-refractivity contribution in [3.63, 3.8) is 0 Å². The number of hydrogen-bond donors (Lipinski definition) is 1. The van der Waals surface area contributed by atoms with E-state index >= 15 is 0 Å². The van der Waals surface area contributed by atoms with Crippen molar-refractivity contribution in [3.05, 3.63) is 24.3 Å². The molecule has 0 aromatic heterocycles. The van der Waals surface area contributed by atoms with Crippen LogP contribution in [-0.4, -0.2) is 31.5 Å². The highest BCUT2D eigenvalue weighted by atomic mass is 16.3. The Labute approximate surface area is 90.9 Å². The molecule has 1 aliphatic heterocycles. The molecule has 0 bridgehead atoms. The summed E-state index contributed by atoms with van der Waals surface area (Å²) in [6, 6.07) is 8.47. The van der Waals surface area contributed by atoms with E-state index in [1.165, 1.54) is 11.4 Å². The molecule has 2 rings (SSSR count). The van der Waals surface area contributed by atoms with Crippen LogP contribution in [0.4, 0.5) is 11.4 Å². The van der Waals surface area contributed by atoms with Crippen molar-refractivity contribution in [3.8, 4) is 0 Å². The smallest absolute Gasteiger partial charge is 0.0904 e. The van der Waals surface area contributed by atoms with E-state index in [2.05, 4.69) is 41.0 Å². The van der Waals surface area contributed by atoms with Crippen molar-refractivity contribution in [2.45, 2.75) is 13.3 Å². The first-order valence-corrected chi connectivity index (χ1v) is 5.56. The van der Waals surface area contributed by atoms with E-state index in [4.69, 9.17) is 5.11 Å². The highest BCUT2D eigenvalue weighted by Gasteiger charge is 2.23. The lowest BCUT2D eigenvalue weighted by atomic mass is 10.2. The molecule has 15 heavy (non-hydrogen) atoms. The Balaban J connectivity index is 2.18. The normalized spacial score (nSPS) is 14.5. The van der Waals surface area contributed by atoms with Crippen LogP contribution in [0.2, 0.25) is 0 Å². The number of hydrogen-bond acceptors (Lipinski definition) is 3. The summed E-state index contributed by atoms with van der Waals surface area (Å²) in [5.41, 5.74) is 2.62. The lowest BCUT2D eigenvalue weighted by Gasteiger charge is -2.20. The molecule has 0 fully saturated rings. The summed E-state index contributed by atoms with van der Waals surface area (Å²) in [6.07, 6.45) is 0.839. The van der Waals surface area contributed by atoms with Crippen LogP contribution in [-0.2, 0) is 0 Å². The molecule has 0 radical (unpaired) electrons. The van der Waals surface area contributed by atoms with E-state index in [0.717, 1.165) is 26.2 Å². The van der Waals surface area contributed by atoms with E-state index in [9.17, 15) is 0 Å². The third-order valence-corrected chi connectivity index (χ3v) is 2.87. The number of aliphatic hydroxyl groups is 1. The number of benzene rings is 1. The zero-order valence-electron chi connectivity index (χ0n) is 9.19. The summed E-state index contributed by atoms with van der Waals surface area (Å²) in [5.74, 6) is 0. The minimum atomic E-state index is 0.269. The van der Waals surface area contributed by atoms with Gasteiger partial charge < -0.3 is 14.9 Å². The molecule has 1 aromatic carbocycles. The van der Waals surface area contributed by atoms with Gasteiger partial charge in [0.1, 0.15) is 0 Å². The molecular formula is C12H18N2O. The van der Waals surface area contributed by atoms with Gasteiger partial charge in [-0.1, -0.05) is 12.1 Å². The van der Waals surface area contributed by atoms with Gasteiger partial charge in [-0.15, -0.1) is 0 Å². The van der Waals surface area contributed by atoms with Gasteiger partial charge in [0.25, 0.3) is 0 Å². The maximum Gasteiger partial charge on any atom is 0.0904 e. The topological polar surface area (TPSA) is 26.7 Å². The Morgan fingerprint density at radius 1 is 1.20 bits per heavy atom. The number of aliphatic hydroxyl groups excluding tert-OH is 1. The first-order chi connectivity index (χ1) is 7.36. The van der Waals surface area contributed by atoms with Gasteiger partial charge in [0.2, 0.25) is 0 Å². The molecule has 0 saturated carbocycles. The van der Waals surface area contributed by atoms with Gasteiger partial charge in [0.15, 0.2) is 0 Å². The Kier molecular flexibility index (Phi) is 3.11. The van der Waals surface area contributed by atoms with Crippen LogP contribution >= 0.6 is 0 Å². The fourth-order valence-electron chi connectivity index (χ4n) is 2.08. The second-order valence-electron chi connectivity index (χ2n) is 3.83. The molecule has 0 unspecified atom stereocenters. The van der Waals surface area contributed by atoms with Gasteiger partial charge in [-0.3, -0.25) is 0 Å². The van der Waals surface area contributed by atoms with Crippen LogP contribution in [0.3, 0.4) is 0 Å². The average Bonchev–Trinajstić information content (AvgIpc) is 2.65. The highest BCUT2D eigenvalue weighted by Crippen LogP contribution is 2.35.